The van der Waals surface area contributed by atoms with Gasteiger partial charge in [-0.05, 0) is 31.6 Å². The third kappa shape index (κ3) is 1.42. The highest BCUT2D eigenvalue weighted by atomic mass is 14.8. The van der Waals surface area contributed by atoms with Crippen molar-refractivity contribution in [3.05, 3.63) is 40.5 Å². The third-order valence-electron chi connectivity index (χ3n) is 3.03. The lowest BCUT2D eigenvalue weighted by Gasteiger charge is -2.09. The van der Waals surface area contributed by atoms with Crippen LogP contribution in [0, 0.1) is 6.92 Å². The van der Waals surface area contributed by atoms with E-state index in [2.05, 4.69) is 36.2 Å². The zero-order chi connectivity index (χ0) is 11.1. The summed E-state index contributed by atoms with van der Waals surface area (Å²) in [5.74, 6) is 0. The summed E-state index contributed by atoms with van der Waals surface area (Å²) in [5, 5.41) is 3.47. The van der Waals surface area contributed by atoms with E-state index >= 15 is 0 Å². The number of hydrogen-bond donors (Lipinski definition) is 0. The molecule has 1 aliphatic rings. The van der Waals surface area contributed by atoms with Crippen LogP contribution in [0.3, 0.4) is 0 Å². The van der Waals surface area contributed by atoms with Crippen LogP contribution in [0.4, 0.5) is 0 Å². The molecule has 1 aliphatic heterocycles. The average molecular weight is 210 g/mol. The Balaban J connectivity index is 2.52. The molecule has 16 heavy (non-hydrogen) atoms. The minimum Gasteiger partial charge on any atom is -0.279 e. The van der Waals surface area contributed by atoms with Gasteiger partial charge in [0, 0.05) is 11.1 Å². The molecule has 2 heteroatoms. The number of rotatable bonds is 0. The zero-order valence-electron chi connectivity index (χ0n) is 9.57. The predicted molar refractivity (Wildman–Crippen MR) is 65.8 cm³/mol. The highest BCUT2D eigenvalue weighted by Gasteiger charge is 2.06. The van der Waals surface area contributed by atoms with Gasteiger partial charge in [0.25, 0.3) is 0 Å². The van der Waals surface area contributed by atoms with Crippen LogP contribution in [-0.2, 0) is 0 Å². The predicted octanol–water partition coefficient (Wildman–Crippen LogP) is 1.74. The van der Waals surface area contributed by atoms with Crippen LogP contribution in [0.2, 0.25) is 0 Å². The lowest BCUT2D eigenvalue weighted by Crippen LogP contribution is -2.31. The first-order valence-corrected chi connectivity index (χ1v) is 5.68. The SMILES string of the molecule is Cc1ccc2ccc3c(c2n1)=NC(C)CC=3. The average Bonchev–Trinajstić information content (AvgIpc) is 2.29. The molecule has 0 N–H and O–H groups in total. The van der Waals surface area contributed by atoms with Crippen molar-refractivity contribution in [3.63, 3.8) is 0 Å². The van der Waals surface area contributed by atoms with Crippen LogP contribution in [0.1, 0.15) is 19.0 Å². The monoisotopic (exact) mass is 210 g/mol. The van der Waals surface area contributed by atoms with E-state index in [-0.39, 0.29) is 0 Å². The molecular formula is C14H14N2. The van der Waals surface area contributed by atoms with E-state index in [1.807, 2.05) is 13.0 Å². The van der Waals surface area contributed by atoms with E-state index < -0.39 is 0 Å². The van der Waals surface area contributed by atoms with Crippen LogP contribution in [0.15, 0.2) is 29.3 Å². The molecule has 1 atom stereocenters. The number of benzene rings is 1. The molecule has 80 valence electrons. The lowest BCUT2D eigenvalue weighted by atomic mass is 10.1. The standard InChI is InChI=1S/C14H14N2/c1-9-3-5-11-7-8-12-6-4-10(2)16-14(12)13(11)15-9/h3,5-8,10H,4H2,1-2H3. The van der Waals surface area contributed by atoms with Crippen LogP contribution in [0.5, 0.6) is 0 Å². The fourth-order valence-corrected chi connectivity index (χ4v) is 2.16. The maximum Gasteiger partial charge on any atom is 0.0963 e. The van der Waals surface area contributed by atoms with Crippen molar-refractivity contribution in [1.82, 2.24) is 4.98 Å². The van der Waals surface area contributed by atoms with Gasteiger partial charge >= 0.3 is 0 Å². The Labute approximate surface area is 94.4 Å². The van der Waals surface area contributed by atoms with Gasteiger partial charge < -0.3 is 0 Å². The molecule has 2 nitrogen and oxygen atoms in total. The molecule has 0 spiro atoms. The van der Waals surface area contributed by atoms with Crippen molar-refractivity contribution in [3.8, 4) is 0 Å². The molecule has 1 unspecified atom stereocenters. The highest BCUT2D eigenvalue weighted by Crippen LogP contribution is 2.08. The third-order valence-corrected chi connectivity index (χ3v) is 3.03. The van der Waals surface area contributed by atoms with Crippen molar-refractivity contribution in [1.29, 1.82) is 0 Å². The van der Waals surface area contributed by atoms with Gasteiger partial charge in [-0.2, -0.15) is 0 Å². The van der Waals surface area contributed by atoms with E-state index in [0.717, 1.165) is 23.0 Å². The summed E-state index contributed by atoms with van der Waals surface area (Å²) in [5.41, 5.74) is 2.09. The molecule has 0 fully saturated rings. The molecule has 0 saturated heterocycles. The Hall–Kier alpha value is -1.70. The van der Waals surface area contributed by atoms with Gasteiger partial charge in [-0.15, -0.1) is 0 Å². The molecule has 1 aromatic carbocycles. The molecule has 1 aromatic heterocycles. The van der Waals surface area contributed by atoms with E-state index in [0.29, 0.717) is 6.04 Å². The second kappa shape index (κ2) is 3.41. The van der Waals surface area contributed by atoms with Crippen molar-refractivity contribution in [2.45, 2.75) is 26.3 Å². The number of aryl methyl sites for hydroxylation is 1. The van der Waals surface area contributed by atoms with Gasteiger partial charge in [0.1, 0.15) is 0 Å². The minimum atomic E-state index is 0.375. The largest absolute Gasteiger partial charge is 0.279 e. The van der Waals surface area contributed by atoms with Gasteiger partial charge in [0.2, 0.25) is 0 Å². The number of hydrogen-bond acceptors (Lipinski definition) is 2. The number of pyridine rings is 1. The van der Waals surface area contributed by atoms with E-state index in [4.69, 9.17) is 4.99 Å². The second-order valence-corrected chi connectivity index (χ2v) is 4.45. The normalized spacial score (nSPS) is 18.8. The molecule has 3 rings (SSSR count). The van der Waals surface area contributed by atoms with Gasteiger partial charge in [-0.1, -0.05) is 24.3 Å². The maximum absolute atomic E-state index is 4.72. The Morgan fingerprint density at radius 2 is 2.00 bits per heavy atom. The fraction of sp³-hybridized carbons (Fsp3) is 0.286. The Bertz CT molecular complexity index is 671. The molecule has 0 aliphatic carbocycles. The Kier molecular flexibility index (Phi) is 2.03. The van der Waals surface area contributed by atoms with Gasteiger partial charge in [0.05, 0.1) is 16.9 Å². The van der Waals surface area contributed by atoms with Gasteiger partial charge in [-0.25, -0.2) is 0 Å². The first-order valence-electron chi connectivity index (χ1n) is 5.68. The zero-order valence-corrected chi connectivity index (χ0v) is 9.57. The highest BCUT2D eigenvalue weighted by molar-refractivity contribution is 5.78. The molecule has 2 aromatic rings. The van der Waals surface area contributed by atoms with Crippen LogP contribution in [0.25, 0.3) is 17.0 Å². The summed E-state index contributed by atoms with van der Waals surface area (Å²) < 4.78 is 0. The topological polar surface area (TPSA) is 25.2 Å². The summed E-state index contributed by atoms with van der Waals surface area (Å²) in [6.45, 7) is 4.17. The van der Waals surface area contributed by atoms with Crippen molar-refractivity contribution in [2.75, 3.05) is 0 Å². The van der Waals surface area contributed by atoms with E-state index in [1.54, 1.807) is 0 Å². The van der Waals surface area contributed by atoms with E-state index in [1.165, 1.54) is 10.6 Å². The molecule has 0 saturated carbocycles. The summed E-state index contributed by atoms with van der Waals surface area (Å²) >= 11 is 0. The summed E-state index contributed by atoms with van der Waals surface area (Å²) in [4.78, 5) is 9.33. The van der Waals surface area contributed by atoms with Crippen molar-refractivity contribution >= 4 is 17.0 Å². The quantitative estimate of drug-likeness (QED) is 0.650. The minimum absolute atomic E-state index is 0.375. The second-order valence-electron chi connectivity index (χ2n) is 4.45. The number of aromatic nitrogens is 1. The summed E-state index contributed by atoms with van der Waals surface area (Å²) in [6, 6.07) is 8.81. The first-order chi connectivity index (χ1) is 7.74. The number of fused-ring (bicyclic) bond motifs is 3. The Morgan fingerprint density at radius 3 is 2.88 bits per heavy atom. The van der Waals surface area contributed by atoms with E-state index in [9.17, 15) is 0 Å². The maximum atomic E-state index is 4.72. The van der Waals surface area contributed by atoms with Gasteiger partial charge in [0.15, 0.2) is 0 Å². The molecule has 0 amide bonds. The summed E-state index contributed by atoms with van der Waals surface area (Å²) in [7, 11) is 0. The Morgan fingerprint density at radius 1 is 1.19 bits per heavy atom. The van der Waals surface area contributed by atoms with Crippen LogP contribution in [-0.4, -0.2) is 11.0 Å². The lowest BCUT2D eigenvalue weighted by molar-refractivity contribution is 0.740. The number of nitrogens with zero attached hydrogens (tertiary/aromatic N) is 2. The van der Waals surface area contributed by atoms with Crippen LogP contribution >= 0.6 is 0 Å². The molecular weight excluding hydrogens is 196 g/mol. The van der Waals surface area contributed by atoms with Gasteiger partial charge in [-0.3, -0.25) is 9.98 Å². The fourth-order valence-electron chi connectivity index (χ4n) is 2.16. The smallest absolute Gasteiger partial charge is 0.0963 e. The molecule has 2 heterocycles. The van der Waals surface area contributed by atoms with Crippen LogP contribution < -0.4 is 10.6 Å². The van der Waals surface area contributed by atoms with Crippen molar-refractivity contribution in [2.24, 2.45) is 4.99 Å². The molecule has 0 bridgehead atoms. The summed E-state index contributed by atoms with van der Waals surface area (Å²) in [6.07, 6.45) is 3.29. The first kappa shape index (κ1) is 9.52. The van der Waals surface area contributed by atoms with Crippen molar-refractivity contribution < 1.29 is 0 Å². The molecule has 0 radical (unpaired) electrons.